The van der Waals surface area contributed by atoms with Crippen molar-refractivity contribution in [2.75, 3.05) is 20.3 Å². The average Bonchev–Trinajstić information content (AvgIpc) is 2.34. The van der Waals surface area contributed by atoms with Gasteiger partial charge in [-0.25, -0.2) is 0 Å². The van der Waals surface area contributed by atoms with Crippen molar-refractivity contribution in [2.24, 2.45) is 0 Å². The van der Waals surface area contributed by atoms with Crippen LogP contribution in [0.3, 0.4) is 0 Å². The van der Waals surface area contributed by atoms with Crippen LogP contribution in [0, 0.1) is 10.1 Å². The molecule has 17 heavy (non-hydrogen) atoms. The lowest BCUT2D eigenvalue weighted by Gasteiger charge is -2.07. The van der Waals surface area contributed by atoms with Gasteiger partial charge < -0.3 is 14.6 Å². The number of nitro benzene ring substituents is 1. The molecule has 0 aromatic heterocycles. The van der Waals surface area contributed by atoms with Crippen LogP contribution >= 0.6 is 0 Å². The predicted molar refractivity (Wildman–Crippen MR) is 61.5 cm³/mol. The minimum absolute atomic E-state index is 0.0913. The number of methoxy groups -OCH3 is 1. The van der Waals surface area contributed by atoms with Gasteiger partial charge in [0, 0.05) is 6.61 Å². The van der Waals surface area contributed by atoms with E-state index < -0.39 is 4.92 Å². The maximum atomic E-state index is 10.8. The molecule has 1 N–H and O–H groups in total. The summed E-state index contributed by atoms with van der Waals surface area (Å²) in [5, 5.41) is 19.4. The van der Waals surface area contributed by atoms with Crippen LogP contribution in [-0.2, 0) is 0 Å². The zero-order valence-electron chi connectivity index (χ0n) is 9.59. The maximum Gasteiger partial charge on any atom is 0.314 e. The van der Waals surface area contributed by atoms with Gasteiger partial charge in [0.1, 0.15) is 5.75 Å². The highest BCUT2D eigenvalue weighted by Crippen LogP contribution is 2.31. The van der Waals surface area contributed by atoms with Gasteiger partial charge in [0.05, 0.1) is 24.7 Å². The fraction of sp³-hybridized carbons (Fsp3) is 0.455. The minimum atomic E-state index is -0.510. The van der Waals surface area contributed by atoms with Gasteiger partial charge in [-0.3, -0.25) is 10.1 Å². The van der Waals surface area contributed by atoms with Crippen molar-refractivity contribution in [2.45, 2.75) is 12.8 Å². The van der Waals surface area contributed by atoms with Crippen LogP contribution in [0.5, 0.6) is 11.5 Å². The molecule has 0 spiro atoms. The summed E-state index contributed by atoms with van der Waals surface area (Å²) >= 11 is 0. The second-order valence-electron chi connectivity index (χ2n) is 3.37. The molecule has 1 aromatic rings. The number of benzene rings is 1. The van der Waals surface area contributed by atoms with Gasteiger partial charge in [0.25, 0.3) is 0 Å². The first kappa shape index (κ1) is 13.2. The van der Waals surface area contributed by atoms with Crippen LogP contribution in [-0.4, -0.2) is 30.4 Å². The first-order valence-electron chi connectivity index (χ1n) is 5.25. The van der Waals surface area contributed by atoms with Gasteiger partial charge in [-0.05, 0) is 25.0 Å². The lowest BCUT2D eigenvalue weighted by molar-refractivity contribution is -0.385. The molecule has 6 heteroatoms. The predicted octanol–water partition coefficient (Wildman–Crippen LogP) is 1.75. The van der Waals surface area contributed by atoms with Gasteiger partial charge in [-0.2, -0.15) is 0 Å². The topological polar surface area (TPSA) is 81.8 Å². The molecule has 1 rings (SSSR count). The molecule has 0 aliphatic rings. The molecule has 0 atom stereocenters. The Hall–Kier alpha value is -1.82. The number of ether oxygens (including phenoxy) is 2. The summed E-state index contributed by atoms with van der Waals surface area (Å²) in [5.74, 6) is 0.633. The van der Waals surface area contributed by atoms with Gasteiger partial charge in [-0.1, -0.05) is 0 Å². The molecule has 0 unspecified atom stereocenters. The molecule has 6 nitrogen and oxygen atoms in total. The van der Waals surface area contributed by atoms with Crippen molar-refractivity contribution in [1.29, 1.82) is 0 Å². The third-order valence-corrected chi connectivity index (χ3v) is 2.17. The van der Waals surface area contributed by atoms with Gasteiger partial charge in [-0.15, -0.1) is 0 Å². The molecule has 94 valence electrons. The Kier molecular flexibility index (Phi) is 5.22. The second-order valence-corrected chi connectivity index (χ2v) is 3.37. The zero-order valence-corrected chi connectivity index (χ0v) is 9.59. The molecular formula is C11H15NO5. The highest BCUT2D eigenvalue weighted by atomic mass is 16.6. The summed E-state index contributed by atoms with van der Waals surface area (Å²) in [6.07, 6.45) is 1.27. The largest absolute Gasteiger partial charge is 0.496 e. The first-order valence-corrected chi connectivity index (χ1v) is 5.25. The van der Waals surface area contributed by atoms with Gasteiger partial charge >= 0.3 is 5.69 Å². The van der Waals surface area contributed by atoms with E-state index in [0.717, 1.165) is 0 Å². The molecule has 0 bridgehead atoms. The molecule has 1 aromatic carbocycles. The second kappa shape index (κ2) is 6.70. The van der Waals surface area contributed by atoms with Crippen molar-refractivity contribution in [3.63, 3.8) is 0 Å². The lowest BCUT2D eigenvalue weighted by Crippen LogP contribution is -2.01. The van der Waals surface area contributed by atoms with E-state index in [1.807, 2.05) is 0 Å². The van der Waals surface area contributed by atoms with E-state index in [4.69, 9.17) is 14.6 Å². The van der Waals surface area contributed by atoms with E-state index in [0.29, 0.717) is 25.2 Å². The van der Waals surface area contributed by atoms with Crippen molar-refractivity contribution in [3.05, 3.63) is 28.3 Å². The molecule has 0 aliphatic heterocycles. The van der Waals surface area contributed by atoms with Crippen LogP contribution in [0.1, 0.15) is 12.8 Å². The quantitative estimate of drug-likeness (QED) is 0.447. The van der Waals surface area contributed by atoms with E-state index in [-0.39, 0.29) is 18.0 Å². The van der Waals surface area contributed by atoms with Crippen molar-refractivity contribution in [3.8, 4) is 11.5 Å². The number of aliphatic hydroxyl groups is 1. The molecule has 0 aliphatic carbocycles. The Morgan fingerprint density at radius 3 is 2.76 bits per heavy atom. The smallest absolute Gasteiger partial charge is 0.314 e. The van der Waals surface area contributed by atoms with Crippen LogP contribution in [0.15, 0.2) is 18.2 Å². The van der Waals surface area contributed by atoms with Crippen molar-refractivity contribution >= 4 is 5.69 Å². The van der Waals surface area contributed by atoms with Crippen LogP contribution in [0.4, 0.5) is 5.69 Å². The van der Waals surface area contributed by atoms with Crippen LogP contribution < -0.4 is 9.47 Å². The maximum absolute atomic E-state index is 10.8. The summed E-state index contributed by atoms with van der Waals surface area (Å²) in [4.78, 5) is 10.3. The Morgan fingerprint density at radius 2 is 2.18 bits per heavy atom. The number of unbranched alkanes of at least 4 members (excludes halogenated alkanes) is 1. The number of hydrogen-bond donors (Lipinski definition) is 1. The number of nitrogens with zero attached hydrogens (tertiary/aromatic N) is 1. The molecule has 0 amide bonds. The number of nitro groups is 1. The highest BCUT2D eigenvalue weighted by Gasteiger charge is 2.16. The summed E-state index contributed by atoms with van der Waals surface area (Å²) in [6, 6.07) is 4.44. The van der Waals surface area contributed by atoms with Crippen LogP contribution in [0.2, 0.25) is 0 Å². The Balaban J connectivity index is 2.73. The molecule has 0 saturated carbocycles. The fourth-order valence-corrected chi connectivity index (χ4v) is 1.28. The molecule has 0 fully saturated rings. The number of rotatable bonds is 7. The average molecular weight is 241 g/mol. The molecule has 0 radical (unpaired) electrons. The summed E-state index contributed by atoms with van der Waals surface area (Å²) < 4.78 is 10.2. The highest BCUT2D eigenvalue weighted by molar-refractivity contribution is 5.50. The van der Waals surface area contributed by atoms with Crippen molar-refractivity contribution in [1.82, 2.24) is 0 Å². The normalized spacial score (nSPS) is 10.0. The molecular weight excluding hydrogens is 226 g/mol. The van der Waals surface area contributed by atoms with E-state index in [1.54, 1.807) is 6.07 Å². The Labute approximate surface area is 98.9 Å². The number of hydrogen-bond acceptors (Lipinski definition) is 5. The SMILES string of the molecule is COc1ccc(OCCCCO)c([N+](=O)[O-])c1. The lowest BCUT2D eigenvalue weighted by atomic mass is 10.2. The van der Waals surface area contributed by atoms with E-state index in [2.05, 4.69) is 0 Å². The fourth-order valence-electron chi connectivity index (χ4n) is 1.28. The minimum Gasteiger partial charge on any atom is -0.496 e. The standard InChI is InChI=1S/C11H15NO5/c1-16-9-4-5-11(10(8-9)12(14)15)17-7-3-2-6-13/h4-5,8,13H,2-3,6-7H2,1H3. The Bertz CT molecular complexity index is 380. The van der Waals surface area contributed by atoms with E-state index in [1.165, 1.54) is 19.2 Å². The van der Waals surface area contributed by atoms with E-state index >= 15 is 0 Å². The molecule has 0 saturated heterocycles. The van der Waals surface area contributed by atoms with Gasteiger partial charge in [0.15, 0.2) is 5.75 Å². The summed E-state index contributed by atoms with van der Waals surface area (Å²) in [6.45, 7) is 0.432. The third kappa shape index (κ3) is 3.92. The summed E-state index contributed by atoms with van der Waals surface area (Å²) in [5.41, 5.74) is -0.117. The van der Waals surface area contributed by atoms with Crippen LogP contribution in [0.25, 0.3) is 0 Å². The van der Waals surface area contributed by atoms with Gasteiger partial charge in [0.2, 0.25) is 0 Å². The Morgan fingerprint density at radius 1 is 1.41 bits per heavy atom. The van der Waals surface area contributed by atoms with Crippen molar-refractivity contribution < 1.29 is 19.5 Å². The summed E-state index contributed by atoms with van der Waals surface area (Å²) in [7, 11) is 1.45. The zero-order chi connectivity index (χ0) is 12.7. The third-order valence-electron chi connectivity index (χ3n) is 2.17. The first-order chi connectivity index (χ1) is 8.19. The monoisotopic (exact) mass is 241 g/mol. The molecule has 0 heterocycles. The van der Waals surface area contributed by atoms with E-state index in [9.17, 15) is 10.1 Å². The number of aliphatic hydroxyl groups excluding tert-OH is 1.